The molecule has 27 heavy (non-hydrogen) atoms. The van der Waals surface area contributed by atoms with Crippen molar-refractivity contribution in [3.63, 3.8) is 0 Å². The minimum atomic E-state index is -3.90. The highest BCUT2D eigenvalue weighted by Gasteiger charge is 2.24. The summed E-state index contributed by atoms with van der Waals surface area (Å²) >= 11 is 2.08. The minimum absolute atomic E-state index is 0.00712. The minimum Gasteiger partial charge on any atom is -0.495 e. The van der Waals surface area contributed by atoms with Gasteiger partial charge in [-0.2, -0.15) is 4.31 Å². The molecule has 0 unspecified atom stereocenters. The normalized spacial score (nSPS) is 12.2. The molecule has 0 aliphatic carbocycles. The van der Waals surface area contributed by atoms with Crippen LogP contribution in [0.2, 0.25) is 0 Å². The largest absolute Gasteiger partial charge is 0.495 e. The van der Waals surface area contributed by atoms with Crippen LogP contribution in [0.4, 0.5) is 5.69 Å². The maximum Gasteiger partial charge on any atom is 0.262 e. The van der Waals surface area contributed by atoms with Gasteiger partial charge in [-0.1, -0.05) is 13.8 Å². The van der Waals surface area contributed by atoms with E-state index in [1.807, 2.05) is 0 Å². The lowest BCUT2D eigenvalue weighted by atomic mass is 10.3. The SMILES string of the molecule is CCN(CC)S(=O)(=O)c1ccc(OC)c(NS(=O)(=O)c2ccc(I)cc2)c1. The van der Waals surface area contributed by atoms with E-state index in [1.54, 1.807) is 26.0 Å². The fraction of sp³-hybridized carbons (Fsp3) is 0.294. The fourth-order valence-corrected chi connectivity index (χ4v) is 5.36. The molecular weight excluding hydrogens is 503 g/mol. The highest BCUT2D eigenvalue weighted by Crippen LogP contribution is 2.31. The van der Waals surface area contributed by atoms with Crippen LogP contribution in [0.5, 0.6) is 5.75 Å². The summed E-state index contributed by atoms with van der Waals surface area (Å²) in [6, 6.07) is 10.4. The van der Waals surface area contributed by atoms with Crippen molar-refractivity contribution < 1.29 is 21.6 Å². The molecule has 0 amide bonds. The van der Waals surface area contributed by atoms with E-state index in [2.05, 4.69) is 27.3 Å². The number of nitrogens with one attached hydrogen (secondary N) is 1. The third-order valence-electron chi connectivity index (χ3n) is 3.88. The predicted octanol–water partition coefficient (Wildman–Crippen LogP) is 3.13. The Balaban J connectivity index is 2.48. The summed E-state index contributed by atoms with van der Waals surface area (Å²) in [5, 5.41) is 0. The number of rotatable bonds is 8. The monoisotopic (exact) mass is 524 g/mol. The van der Waals surface area contributed by atoms with E-state index in [1.165, 1.54) is 41.7 Å². The summed E-state index contributed by atoms with van der Waals surface area (Å²) in [5.74, 6) is 0.225. The lowest BCUT2D eigenvalue weighted by molar-refractivity contribution is 0.416. The zero-order valence-corrected chi connectivity index (χ0v) is 18.9. The number of halogens is 1. The summed E-state index contributed by atoms with van der Waals surface area (Å²) in [6.45, 7) is 4.11. The highest BCUT2D eigenvalue weighted by atomic mass is 127. The number of sulfonamides is 2. The van der Waals surface area contributed by atoms with Crippen LogP contribution in [-0.4, -0.2) is 41.3 Å². The number of hydrogen-bond acceptors (Lipinski definition) is 5. The first-order valence-corrected chi connectivity index (χ1v) is 12.1. The van der Waals surface area contributed by atoms with Crippen molar-refractivity contribution in [3.8, 4) is 5.75 Å². The summed E-state index contributed by atoms with van der Waals surface area (Å²) in [4.78, 5) is 0.0642. The van der Waals surface area contributed by atoms with Crippen molar-refractivity contribution >= 4 is 48.3 Å². The average molecular weight is 524 g/mol. The number of anilines is 1. The molecule has 0 aliphatic rings. The predicted molar refractivity (Wildman–Crippen MR) is 113 cm³/mol. The van der Waals surface area contributed by atoms with E-state index in [4.69, 9.17) is 4.74 Å². The Morgan fingerprint density at radius 1 is 0.963 bits per heavy atom. The van der Waals surface area contributed by atoms with Gasteiger partial charge in [0.15, 0.2) is 0 Å². The van der Waals surface area contributed by atoms with Crippen LogP contribution in [0, 0.1) is 3.57 Å². The lowest BCUT2D eigenvalue weighted by Gasteiger charge is -2.20. The molecule has 0 spiro atoms. The van der Waals surface area contributed by atoms with E-state index in [0.29, 0.717) is 13.1 Å². The van der Waals surface area contributed by atoms with Gasteiger partial charge in [0.1, 0.15) is 5.75 Å². The Morgan fingerprint density at radius 2 is 1.52 bits per heavy atom. The molecule has 0 heterocycles. The molecule has 7 nitrogen and oxygen atoms in total. The second kappa shape index (κ2) is 8.76. The van der Waals surface area contributed by atoms with Crippen molar-refractivity contribution in [3.05, 3.63) is 46.0 Å². The van der Waals surface area contributed by atoms with Gasteiger partial charge in [0, 0.05) is 16.7 Å². The van der Waals surface area contributed by atoms with E-state index < -0.39 is 20.0 Å². The van der Waals surface area contributed by atoms with E-state index in [-0.39, 0.29) is 21.2 Å². The van der Waals surface area contributed by atoms with Crippen LogP contribution < -0.4 is 9.46 Å². The van der Waals surface area contributed by atoms with Gasteiger partial charge in [0.2, 0.25) is 10.0 Å². The standard InChI is InChI=1S/C17H21IN2O5S2/c1-4-20(5-2)27(23,24)15-10-11-17(25-3)16(12-15)19-26(21,22)14-8-6-13(18)7-9-14/h6-12,19H,4-5H2,1-3H3. The van der Waals surface area contributed by atoms with Gasteiger partial charge in [0.25, 0.3) is 10.0 Å². The molecule has 0 saturated heterocycles. The molecule has 0 saturated carbocycles. The molecule has 0 atom stereocenters. The quantitative estimate of drug-likeness (QED) is 0.536. The first-order chi connectivity index (χ1) is 12.7. The maximum absolute atomic E-state index is 12.7. The fourth-order valence-electron chi connectivity index (χ4n) is 2.46. The molecular formula is C17H21IN2O5S2. The Bertz CT molecular complexity index is 1000. The van der Waals surface area contributed by atoms with Crippen LogP contribution in [0.15, 0.2) is 52.3 Å². The highest BCUT2D eigenvalue weighted by molar-refractivity contribution is 14.1. The molecule has 2 aromatic carbocycles. The number of methoxy groups -OCH3 is 1. The molecule has 0 radical (unpaired) electrons. The molecule has 148 valence electrons. The smallest absolute Gasteiger partial charge is 0.262 e. The van der Waals surface area contributed by atoms with Crippen LogP contribution >= 0.6 is 22.6 Å². The number of benzene rings is 2. The van der Waals surface area contributed by atoms with Gasteiger partial charge < -0.3 is 4.74 Å². The van der Waals surface area contributed by atoms with Crippen LogP contribution in [-0.2, 0) is 20.0 Å². The van der Waals surface area contributed by atoms with Gasteiger partial charge in [0.05, 0.1) is 22.6 Å². The molecule has 0 bridgehead atoms. The summed E-state index contributed by atoms with van der Waals surface area (Å²) in [7, 11) is -6.25. The second-order valence-electron chi connectivity index (χ2n) is 5.51. The molecule has 10 heteroatoms. The van der Waals surface area contributed by atoms with Gasteiger partial charge in [-0.05, 0) is 65.1 Å². The zero-order valence-electron chi connectivity index (χ0n) is 15.1. The van der Waals surface area contributed by atoms with E-state index in [0.717, 1.165) is 3.57 Å². The van der Waals surface area contributed by atoms with Crippen LogP contribution in [0.25, 0.3) is 0 Å². The number of hydrogen-bond donors (Lipinski definition) is 1. The molecule has 1 N–H and O–H groups in total. The maximum atomic E-state index is 12.7. The Kier molecular flexibility index (Phi) is 7.11. The molecule has 2 aromatic rings. The molecule has 0 aromatic heterocycles. The van der Waals surface area contributed by atoms with Gasteiger partial charge in [-0.25, -0.2) is 16.8 Å². The topological polar surface area (TPSA) is 92.8 Å². The molecule has 0 aliphatic heterocycles. The van der Waals surface area contributed by atoms with Gasteiger partial charge in [-0.3, -0.25) is 4.72 Å². The Labute approximate surface area is 174 Å². The zero-order chi connectivity index (χ0) is 20.2. The van der Waals surface area contributed by atoms with E-state index in [9.17, 15) is 16.8 Å². The van der Waals surface area contributed by atoms with Crippen LogP contribution in [0.3, 0.4) is 0 Å². The summed E-state index contributed by atoms with van der Waals surface area (Å²) in [6.07, 6.45) is 0. The first kappa shape index (κ1) is 21.9. The Hall–Kier alpha value is -1.37. The second-order valence-corrected chi connectivity index (χ2v) is 10.4. The molecule has 0 fully saturated rings. The summed E-state index contributed by atoms with van der Waals surface area (Å²) in [5.41, 5.74) is 0.0595. The average Bonchev–Trinajstić information content (AvgIpc) is 2.62. The van der Waals surface area contributed by atoms with Crippen LogP contribution in [0.1, 0.15) is 13.8 Å². The first-order valence-electron chi connectivity index (χ1n) is 8.12. The van der Waals surface area contributed by atoms with Gasteiger partial charge >= 0.3 is 0 Å². The van der Waals surface area contributed by atoms with Crippen molar-refractivity contribution in [1.29, 1.82) is 0 Å². The molecule has 2 rings (SSSR count). The lowest BCUT2D eigenvalue weighted by Crippen LogP contribution is -2.30. The van der Waals surface area contributed by atoms with Gasteiger partial charge in [-0.15, -0.1) is 0 Å². The third kappa shape index (κ3) is 4.92. The van der Waals surface area contributed by atoms with Crippen molar-refractivity contribution in [1.82, 2.24) is 4.31 Å². The van der Waals surface area contributed by atoms with Crippen molar-refractivity contribution in [2.75, 3.05) is 24.9 Å². The summed E-state index contributed by atoms with van der Waals surface area (Å²) < 4.78 is 60.6. The van der Waals surface area contributed by atoms with Crippen molar-refractivity contribution in [2.24, 2.45) is 0 Å². The van der Waals surface area contributed by atoms with E-state index >= 15 is 0 Å². The number of ether oxygens (including phenoxy) is 1. The Morgan fingerprint density at radius 3 is 2.04 bits per heavy atom. The number of nitrogens with zero attached hydrogens (tertiary/aromatic N) is 1. The van der Waals surface area contributed by atoms with Crippen molar-refractivity contribution in [2.45, 2.75) is 23.6 Å². The third-order valence-corrected chi connectivity index (χ3v) is 8.03.